The monoisotopic (exact) mass is 266 g/mol. The van der Waals surface area contributed by atoms with Crippen molar-refractivity contribution in [2.75, 3.05) is 21.3 Å². The lowest BCUT2D eigenvalue weighted by Crippen LogP contribution is -2.08. The topological polar surface area (TPSA) is 44.8 Å². The fourth-order valence-corrected chi connectivity index (χ4v) is 2.16. The number of carbonyl (C=O) groups excluding carboxylic acids is 1. The summed E-state index contributed by atoms with van der Waals surface area (Å²) in [6.07, 6.45) is 0.774. The van der Waals surface area contributed by atoms with Gasteiger partial charge in [0.1, 0.15) is 22.8 Å². The molecule has 0 aliphatic heterocycles. The Kier molecular flexibility index (Phi) is 5.21. The van der Waals surface area contributed by atoms with Crippen molar-refractivity contribution in [3.05, 3.63) is 17.2 Å². The Bertz CT molecular complexity index is 464. The van der Waals surface area contributed by atoms with Crippen LogP contribution in [-0.2, 0) is 6.42 Å². The molecule has 0 bridgehead atoms. The molecule has 106 valence electrons. The zero-order valence-corrected chi connectivity index (χ0v) is 12.5. The maximum Gasteiger partial charge on any atom is 0.167 e. The van der Waals surface area contributed by atoms with Crippen LogP contribution in [0.15, 0.2) is 6.07 Å². The van der Waals surface area contributed by atoms with Gasteiger partial charge in [0.15, 0.2) is 5.78 Å². The van der Waals surface area contributed by atoms with Gasteiger partial charge in [0, 0.05) is 11.6 Å². The molecule has 1 aromatic carbocycles. The summed E-state index contributed by atoms with van der Waals surface area (Å²) in [6.45, 7) is 5.72. The van der Waals surface area contributed by atoms with Gasteiger partial charge in [-0.3, -0.25) is 4.79 Å². The van der Waals surface area contributed by atoms with Crippen LogP contribution in [0.25, 0.3) is 0 Å². The molecule has 4 nitrogen and oxygen atoms in total. The lowest BCUT2D eigenvalue weighted by Gasteiger charge is -2.19. The molecule has 0 spiro atoms. The Labute approximate surface area is 114 Å². The summed E-state index contributed by atoms with van der Waals surface area (Å²) in [4.78, 5) is 11.8. The van der Waals surface area contributed by atoms with Gasteiger partial charge in [-0.25, -0.2) is 0 Å². The first kappa shape index (κ1) is 15.3. The van der Waals surface area contributed by atoms with Gasteiger partial charge < -0.3 is 14.2 Å². The Morgan fingerprint density at radius 1 is 1.11 bits per heavy atom. The number of ether oxygens (including phenoxy) is 3. The van der Waals surface area contributed by atoms with E-state index in [1.54, 1.807) is 20.3 Å². The number of rotatable bonds is 6. The molecule has 0 atom stereocenters. The van der Waals surface area contributed by atoms with Gasteiger partial charge >= 0.3 is 0 Å². The SMILES string of the molecule is COc1cc(OC)c(C(C)=O)c(OC)c1CC(C)C. The highest BCUT2D eigenvalue weighted by Gasteiger charge is 2.23. The molecule has 4 heteroatoms. The van der Waals surface area contributed by atoms with Crippen LogP contribution in [0.5, 0.6) is 17.2 Å². The molecule has 1 aromatic rings. The minimum absolute atomic E-state index is 0.0821. The second-order valence-corrected chi connectivity index (χ2v) is 4.82. The summed E-state index contributed by atoms with van der Waals surface area (Å²) >= 11 is 0. The van der Waals surface area contributed by atoms with Crippen LogP contribution in [0.4, 0.5) is 0 Å². The van der Waals surface area contributed by atoms with Crippen LogP contribution in [0.3, 0.4) is 0 Å². The maximum absolute atomic E-state index is 11.8. The van der Waals surface area contributed by atoms with E-state index in [9.17, 15) is 4.79 Å². The molecule has 0 saturated carbocycles. The average Bonchev–Trinajstić information content (AvgIpc) is 2.36. The quantitative estimate of drug-likeness (QED) is 0.742. The van der Waals surface area contributed by atoms with Crippen LogP contribution in [-0.4, -0.2) is 27.1 Å². The smallest absolute Gasteiger partial charge is 0.167 e. The molecule has 0 aromatic heterocycles. The van der Waals surface area contributed by atoms with Gasteiger partial charge in [-0.05, 0) is 19.3 Å². The molecular weight excluding hydrogens is 244 g/mol. The van der Waals surface area contributed by atoms with Crippen LogP contribution < -0.4 is 14.2 Å². The molecule has 0 heterocycles. The Hall–Kier alpha value is -1.71. The highest BCUT2D eigenvalue weighted by Crippen LogP contribution is 2.40. The summed E-state index contributed by atoms with van der Waals surface area (Å²) in [5.41, 5.74) is 1.38. The van der Waals surface area contributed by atoms with Crippen LogP contribution in [0.1, 0.15) is 36.7 Å². The molecule has 0 amide bonds. The lowest BCUT2D eigenvalue weighted by molar-refractivity contribution is 0.101. The zero-order chi connectivity index (χ0) is 14.6. The normalized spacial score (nSPS) is 10.5. The minimum atomic E-state index is -0.0821. The maximum atomic E-state index is 11.8. The van der Waals surface area contributed by atoms with Gasteiger partial charge in [-0.1, -0.05) is 13.8 Å². The summed E-state index contributed by atoms with van der Waals surface area (Å²) in [5.74, 6) is 2.07. The fraction of sp³-hybridized carbons (Fsp3) is 0.533. The van der Waals surface area contributed by atoms with E-state index in [1.165, 1.54) is 14.0 Å². The van der Waals surface area contributed by atoms with Gasteiger partial charge in [-0.15, -0.1) is 0 Å². The predicted molar refractivity (Wildman–Crippen MR) is 74.6 cm³/mol. The Balaban J connectivity index is 3.58. The molecule has 0 aliphatic carbocycles. The average molecular weight is 266 g/mol. The second kappa shape index (κ2) is 6.45. The third kappa shape index (κ3) is 3.19. The first-order chi connectivity index (χ1) is 8.96. The molecular formula is C15H22O4. The van der Waals surface area contributed by atoms with Crippen molar-refractivity contribution in [2.24, 2.45) is 5.92 Å². The number of carbonyl (C=O) groups is 1. The van der Waals surface area contributed by atoms with Gasteiger partial charge in [0.05, 0.1) is 21.3 Å². The molecule has 1 rings (SSSR count). The van der Waals surface area contributed by atoms with Gasteiger partial charge in [0.2, 0.25) is 0 Å². The zero-order valence-electron chi connectivity index (χ0n) is 12.5. The highest BCUT2D eigenvalue weighted by molar-refractivity contribution is 6.00. The standard InChI is InChI=1S/C15H22O4/c1-9(2)7-11-12(17-4)8-13(18-5)14(10(3)16)15(11)19-6/h8-9H,7H2,1-6H3. The van der Waals surface area contributed by atoms with Gasteiger partial charge in [-0.2, -0.15) is 0 Å². The number of Topliss-reactive ketones (excluding diaryl/α,β-unsaturated/α-hetero) is 1. The minimum Gasteiger partial charge on any atom is -0.496 e. The Morgan fingerprint density at radius 2 is 1.68 bits per heavy atom. The summed E-state index contributed by atoms with van der Waals surface area (Å²) in [5, 5.41) is 0. The molecule has 0 radical (unpaired) electrons. The van der Waals surface area contributed by atoms with E-state index in [-0.39, 0.29) is 5.78 Å². The molecule has 0 saturated heterocycles. The van der Waals surface area contributed by atoms with E-state index in [2.05, 4.69) is 13.8 Å². The van der Waals surface area contributed by atoms with Crippen molar-refractivity contribution in [1.29, 1.82) is 0 Å². The first-order valence-electron chi connectivity index (χ1n) is 6.29. The van der Waals surface area contributed by atoms with Crippen LogP contribution >= 0.6 is 0 Å². The third-order valence-electron chi connectivity index (χ3n) is 2.92. The van der Waals surface area contributed by atoms with Crippen molar-refractivity contribution < 1.29 is 19.0 Å². The van der Waals surface area contributed by atoms with Crippen LogP contribution in [0.2, 0.25) is 0 Å². The summed E-state index contributed by atoms with van der Waals surface area (Å²) in [6, 6.07) is 1.75. The number of methoxy groups -OCH3 is 3. The molecule has 0 N–H and O–H groups in total. The van der Waals surface area contributed by atoms with E-state index in [1.807, 2.05) is 0 Å². The van der Waals surface area contributed by atoms with E-state index >= 15 is 0 Å². The largest absolute Gasteiger partial charge is 0.496 e. The highest BCUT2D eigenvalue weighted by atomic mass is 16.5. The van der Waals surface area contributed by atoms with Crippen LogP contribution in [0, 0.1) is 5.92 Å². The number of hydrogen-bond donors (Lipinski definition) is 0. The van der Waals surface area contributed by atoms with Crippen molar-refractivity contribution in [2.45, 2.75) is 27.2 Å². The summed E-state index contributed by atoms with van der Waals surface area (Å²) < 4.78 is 16.1. The van der Waals surface area contributed by atoms with Crippen molar-refractivity contribution >= 4 is 5.78 Å². The fourth-order valence-electron chi connectivity index (χ4n) is 2.16. The van der Waals surface area contributed by atoms with E-state index in [4.69, 9.17) is 14.2 Å². The van der Waals surface area contributed by atoms with Gasteiger partial charge in [0.25, 0.3) is 0 Å². The van der Waals surface area contributed by atoms with E-state index in [0.717, 1.165) is 12.0 Å². The van der Waals surface area contributed by atoms with E-state index < -0.39 is 0 Å². The van der Waals surface area contributed by atoms with E-state index in [0.29, 0.717) is 28.7 Å². The van der Waals surface area contributed by atoms with Crippen molar-refractivity contribution in [1.82, 2.24) is 0 Å². The number of ketones is 1. The molecule has 0 unspecified atom stereocenters. The molecule has 0 fully saturated rings. The summed E-state index contributed by atoms with van der Waals surface area (Å²) in [7, 11) is 4.69. The second-order valence-electron chi connectivity index (χ2n) is 4.82. The number of benzene rings is 1. The molecule has 19 heavy (non-hydrogen) atoms. The van der Waals surface area contributed by atoms with Crippen molar-refractivity contribution in [3.63, 3.8) is 0 Å². The molecule has 0 aliphatic rings. The Morgan fingerprint density at radius 3 is 2.05 bits per heavy atom. The lowest BCUT2D eigenvalue weighted by atomic mass is 9.96. The number of hydrogen-bond acceptors (Lipinski definition) is 4. The first-order valence-corrected chi connectivity index (χ1v) is 6.29. The third-order valence-corrected chi connectivity index (χ3v) is 2.92. The predicted octanol–water partition coefficient (Wildman–Crippen LogP) is 3.11. The van der Waals surface area contributed by atoms with Crippen molar-refractivity contribution in [3.8, 4) is 17.2 Å².